The second kappa shape index (κ2) is 5.96. The van der Waals surface area contributed by atoms with Crippen LogP contribution in [0.1, 0.15) is 43.7 Å². The van der Waals surface area contributed by atoms with E-state index in [0.717, 1.165) is 11.5 Å². The van der Waals surface area contributed by atoms with Gasteiger partial charge in [-0.15, -0.1) is 0 Å². The Labute approximate surface area is 127 Å². The maximum Gasteiger partial charge on any atom is 0.219 e. The smallest absolute Gasteiger partial charge is 0.219 e. The van der Waals surface area contributed by atoms with Gasteiger partial charge in [0.1, 0.15) is 0 Å². The van der Waals surface area contributed by atoms with Crippen molar-refractivity contribution in [2.45, 2.75) is 32.6 Å². The zero-order valence-electron chi connectivity index (χ0n) is 13.8. The van der Waals surface area contributed by atoms with Crippen molar-refractivity contribution in [1.82, 2.24) is 4.90 Å². The molecular formula is C17H25NO3. The molecule has 0 spiro atoms. The fraction of sp³-hybridized carbons (Fsp3) is 0.588. The second-order valence-electron chi connectivity index (χ2n) is 5.96. The molecule has 0 saturated carbocycles. The topological polar surface area (TPSA) is 38.8 Å². The third-order valence-corrected chi connectivity index (χ3v) is 4.91. The van der Waals surface area contributed by atoms with Crippen molar-refractivity contribution in [3.05, 3.63) is 23.3 Å². The minimum absolute atomic E-state index is 0.0881. The number of rotatable bonds is 4. The summed E-state index contributed by atoms with van der Waals surface area (Å²) in [5.74, 6) is 2.84. The van der Waals surface area contributed by atoms with Crippen molar-refractivity contribution in [1.29, 1.82) is 0 Å². The number of fused-ring (bicyclic) bond motifs is 1. The number of benzene rings is 1. The van der Waals surface area contributed by atoms with Crippen molar-refractivity contribution in [3.8, 4) is 11.5 Å². The second-order valence-corrected chi connectivity index (χ2v) is 5.96. The van der Waals surface area contributed by atoms with Gasteiger partial charge in [-0.25, -0.2) is 0 Å². The summed E-state index contributed by atoms with van der Waals surface area (Å²) in [6, 6.07) is 4.10. The Balaban J connectivity index is 2.49. The lowest BCUT2D eigenvalue weighted by Gasteiger charge is -2.26. The van der Waals surface area contributed by atoms with E-state index in [9.17, 15) is 4.79 Å². The fourth-order valence-electron chi connectivity index (χ4n) is 3.32. The molecule has 0 aromatic heterocycles. The molecule has 0 fully saturated rings. The van der Waals surface area contributed by atoms with Crippen LogP contribution in [0.4, 0.5) is 0 Å². The number of amides is 1. The van der Waals surface area contributed by atoms with Crippen molar-refractivity contribution >= 4 is 5.91 Å². The van der Waals surface area contributed by atoms with Gasteiger partial charge in [0.2, 0.25) is 5.91 Å². The molecule has 4 nitrogen and oxygen atoms in total. The van der Waals surface area contributed by atoms with Crippen LogP contribution in [0, 0.1) is 5.92 Å². The van der Waals surface area contributed by atoms with Gasteiger partial charge in [-0.2, -0.15) is 0 Å². The minimum Gasteiger partial charge on any atom is -0.493 e. The highest BCUT2D eigenvalue weighted by Gasteiger charge is 2.39. The first-order valence-electron chi connectivity index (χ1n) is 7.38. The Bertz CT molecular complexity index is 541. The SMILES string of the molecule is COc1ccc2c(c1OC)C(CN(C)C(C)=O)C(C)C2C. The van der Waals surface area contributed by atoms with Gasteiger partial charge in [0.05, 0.1) is 14.2 Å². The Morgan fingerprint density at radius 2 is 1.90 bits per heavy atom. The summed E-state index contributed by atoms with van der Waals surface area (Å²) < 4.78 is 11.0. The maximum atomic E-state index is 11.6. The van der Waals surface area contributed by atoms with E-state index < -0.39 is 0 Å². The quantitative estimate of drug-likeness (QED) is 0.856. The average molecular weight is 291 g/mol. The van der Waals surface area contributed by atoms with E-state index in [1.807, 2.05) is 13.1 Å². The van der Waals surface area contributed by atoms with Gasteiger partial charge in [-0.1, -0.05) is 19.9 Å². The van der Waals surface area contributed by atoms with Crippen LogP contribution in [-0.4, -0.2) is 38.6 Å². The first-order chi connectivity index (χ1) is 9.92. The number of carbonyl (C=O) groups is 1. The molecule has 2 rings (SSSR count). The number of carbonyl (C=O) groups excluding carboxylic acids is 1. The van der Waals surface area contributed by atoms with Crippen LogP contribution in [0.2, 0.25) is 0 Å². The number of ether oxygens (including phenoxy) is 2. The van der Waals surface area contributed by atoms with Gasteiger partial charge in [0, 0.05) is 32.0 Å². The third kappa shape index (κ3) is 2.59. The Morgan fingerprint density at radius 1 is 1.24 bits per heavy atom. The molecule has 0 radical (unpaired) electrons. The van der Waals surface area contributed by atoms with Gasteiger partial charge in [0.15, 0.2) is 11.5 Å². The fourth-order valence-corrected chi connectivity index (χ4v) is 3.32. The molecular weight excluding hydrogens is 266 g/mol. The molecule has 0 heterocycles. The van der Waals surface area contributed by atoms with E-state index >= 15 is 0 Å². The molecule has 1 aliphatic rings. The van der Waals surface area contributed by atoms with Crippen LogP contribution in [0.25, 0.3) is 0 Å². The molecule has 1 aliphatic carbocycles. The first-order valence-corrected chi connectivity index (χ1v) is 7.38. The van der Waals surface area contributed by atoms with Crippen LogP contribution < -0.4 is 9.47 Å². The number of methoxy groups -OCH3 is 2. The van der Waals surface area contributed by atoms with E-state index in [2.05, 4.69) is 19.9 Å². The summed E-state index contributed by atoms with van der Waals surface area (Å²) in [4.78, 5) is 13.4. The van der Waals surface area contributed by atoms with E-state index in [1.165, 1.54) is 11.1 Å². The molecule has 1 aromatic carbocycles. The number of likely N-dealkylation sites (N-methyl/N-ethyl adjacent to an activating group) is 1. The molecule has 0 aliphatic heterocycles. The van der Waals surface area contributed by atoms with Crippen molar-refractivity contribution in [2.75, 3.05) is 27.8 Å². The Morgan fingerprint density at radius 3 is 2.43 bits per heavy atom. The van der Waals surface area contributed by atoms with Gasteiger partial charge in [0.25, 0.3) is 0 Å². The standard InChI is InChI=1S/C17H25NO3/c1-10-11(2)14(9-18(4)12(3)19)16-13(10)7-8-15(20-5)17(16)21-6/h7-8,10-11,14H,9H2,1-6H3. The monoisotopic (exact) mass is 291 g/mol. The van der Waals surface area contributed by atoms with E-state index in [1.54, 1.807) is 26.0 Å². The van der Waals surface area contributed by atoms with Crippen LogP contribution in [-0.2, 0) is 4.79 Å². The lowest BCUT2D eigenvalue weighted by atomic mass is 9.89. The van der Waals surface area contributed by atoms with Crippen LogP contribution in [0.3, 0.4) is 0 Å². The normalized spacial score (nSPS) is 23.6. The Kier molecular flexibility index (Phi) is 4.45. The first kappa shape index (κ1) is 15.7. The summed E-state index contributed by atoms with van der Waals surface area (Å²) in [5.41, 5.74) is 2.51. The van der Waals surface area contributed by atoms with Gasteiger partial charge < -0.3 is 14.4 Å². The number of hydrogen-bond donors (Lipinski definition) is 0. The lowest BCUT2D eigenvalue weighted by Crippen LogP contribution is -2.30. The van der Waals surface area contributed by atoms with E-state index in [0.29, 0.717) is 18.4 Å². The van der Waals surface area contributed by atoms with Crippen LogP contribution >= 0.6 is 0 Å². The van der Waals surface area contributed by atoms with Crippen LogP contribution in [0.15, 0.2) is 12.1 Å². The molecule has 3 atom stereocenters. The van der Waals surface area contributed by atoms with Crippen molar-refractivity contribution in [2.24, 2.45) is 5.92 Å². The highest BCUT2D eigenvalue weighted by molar-refractivity contribution is 5.73. The highest BCUT2D eigenvalue weighted by Crippen LogP contribution is 2.52. The highest BCUT2D eigenvalue weighted by atomic mass is 16.5. The molecule has 3 unspecified atom stereocenters. The molecule has 0 bridgehead atoms. The predicted octanol–water partition coefficient (Wildman–Crippen LogP) is 3.02. The predicted molar refractivity (Wildman–Crippen MR) is 83.2 cm³/mol. The van der Waals surface area contributed by atoms with Crippen LogP contribution in [0.5, 0.6) is 11.5 Å². The summed E-state index contributed by atoms with van der Waals surface area (Å²) in [5, 5.41) is 0. The molecule has 1 aromatic rings. The van der Waals surface area contributed by atoms with E-state index in [-0.39, 0.29) is 11.8 Å². The maximum absolute atomic E-state index is 11.6. The molecule has 4 heteroatoms. The molecule has 1 amide bonds. The molecule has 0 saturated heterocycles. The van der Waals surface area contributed by atoms with Gasteiger partial charge >= 0.3 is 0 Å². The largest absolute Gasteiger partial charge is 0.493 e. The van der Waals surface area contributed by atoms with Gasteiger partial charge in [-0.05, 0) is 23.5 Å². The summed E-state index contributed by atoms with van der Waals surface area (Å²) in [7, 11) is 5.19. The van der Waals surface area contributed by atoms with E-state index in [4.69, 9.17) is 9.47 Å². The summed E-state index contributed by atoms with van der Waals surface area (Å²) >= 11 is 0. The van der Waals surface area contributed by atoms with Gasteiger partial charge in [-0.3, -0.25) is 4.79 Å². The zero-order valence-corrected chi connectivity index (χ0v) is 13.8. The van der Waals surface area contributed by atoms with Crippen molar-refractivity contribution < 1.29 is 14.3 Å². The lowest BCUT2D eigenvalue weighted by molar-refractivity contribution is -0.127. The molecule has 116 valence electrons. The number of nitrogens with zero attached hydrogens (tertiary/aromatic N) is 1. The summed E-state index contributed by atoms with van der Waals surface area (Å²) in [6.07, 6.45) is 0. The third-order valence-electron chi connectivity index (χ3n) is 4.91. The Hall–Kier alpha value is -1.71. The average Bonchev–Trinajstić information content (AvgIpc) is 2.71. The zero-order chi connectivity index (χ0) is 15.7. The minimum atomic E-state index is 0.0881. The van der Waals surface area contributed by atoms with Crippen molar-refractivity contribution in [3.63, 3.8) is 0 Å². The number of hydrogen-bond acceptors (Lipinski definition) is 3. The summed E-state index contributed by atoms with van der Waals surface area (Å²) in [6.45, 7) is 6.79. The molecule has 21 heavy (non-hydrogen) atoms. The molecule has 0 N–H and O–H groups in total.